The lowest BCUT2D eigenvalue weighted by Crippen LogP contribution is -2.68. The van der Waals surface area contributed by atoms with E-state index in [0.29, 0.717) is 37.3 Å². The number of primary amides is 1. The van der Waals surface area contributed by atoms with E-state index in [2.05, 4.69) is 9.88 Å². The molecule has 1 atom stereocenters. The molecule has 5 rings (SSSR count). The van der Waals surface area contributed by atoms with Crippen LogP contribution in [0.2, 0.25) is 0 Å². The molecule has 1 amide bonds. The Bertz CT molecular complexity index is 1460. The van der Waals surface area contributed by atoms with Crippen LogP contribution in [0, 0.1) is 0 Å². The maximum atomic E-state index is 14.6. The van der Waals surface area contributed by atoms with Crippen molar-refractivity contribution < 1.29 is 35.9 Å². The summed E-state index contributed by atoms with van der Waals surface area (Å²) in [6, 6.07) is 8.32. The SMILES string of the molecule is Cl.Cl.NC(=O)CN1CCN(CCN2CCCC2)C(Cc2c[nH]c3ccccc23)(C(=O)c2cc(C(F)(F)F)cc(C(F)(F)F)c2)C1. The van der Waals surface area contributed by atoms with Crippen molar-refractivity contribution in [3.8, 4) is 0 Å². The molecule has 3 aromatic rings. The van der Waals surface area contributed by atoms with Crippen molar-refractivity contribution in [3.05, 3.63) is 70.9 Å². The molecule has 1 aromatic heterocycles. The Kier molecular flexibility index (Phi) is 11.6. The molecule has 248 valence electrons. The molecule has 0 saturated carbocycles. The van der Waals surface area contributed by atoms with E-state index in [4.69, 9.17) is 5.73 Å². The minimum absolute atomic E-state index is 0. The van der Waals surface area contributed by atoms with Crippen molar-refractivity contribution in [3.63, 3.8) is 0 Å². The highest BCUT2D eigenvalue weighted by molar-refractivity contribution is 6.04. The summed E-state index contributed by atoms with van der Waals surface area (Å²) in [5.41, 5.74) is 1.54. The monoisotopic (exact) mass is 681 g/mol. The topological polar surface area (TPSA) is 85.7 Å². The zero-order valence-corrected chi connectivity index (χ0v) is 25.8. The summed E-state index contributed by atoms with van der Waals surface area (Å²) in [4.78, 5) is 35.5. The van der Waals surface area contributed by atoms with Gasteiger partial charge >= 0.3 is 12.4 Å². The molecule has 0 radical (unpaired) electrons. The van der Waals surface area contributed by atoms with Gasteiger partial charge in [-0.1, -0.05) is 18.2 Å². The van der Waals surface area contributed by atoms with Crippen LogP contribution in [0.3, 0.4) is 0 Å². The zero-order chi connectivity index (χ0) is 31.0. The molecular weight excluding hydrogens is 647 g/mol. The second kappa shape index (κ2) is 14.3. The molecule has 3 heterocycles. The number of halogens is 8. The fourth-order valence-electron chi connectivity index (χ4n) is 6.39. The summed E-state index contributed by atoms with van der Waals surface area (Å²) in [5, 5.41) is 0.779. The molecule has 7 nitrogen and oxygen atoms in total. The van der Waals surface area contributed by atoms with Gasteiger partial charge in [-0.05, 0) is 55.8 Å². The first-order valence-electron chi connectivity index (χ1n) is 14.1. The number of hydrogen-bond acceptors (Lipinski definition) is 5. The Balaban J connectivity index is 0.00000276. The number of rotatable bonds is 9. The van der Waals surface area contributed by atoms with Gasteiger partial charge in [0.25, 0.3) is 0 Å². The number of likely N-dealkylation sites (tertiary alicyclic amines) is 1. The van der Waals surface area contributed by atoms with Crippen molar-refractivity contribution >= 4 is 47.4 Å². The van der Waals surface area contributed by atoms with Gasteiger partial charge in [0.1, 0.15) is 5.54 Å². The number of nitrogens with two attached hydrogens (primary N) is 1. The van der Waals surface area contributed by atoms with Gasteiger partial charge in [0.15, 0.2) is 5.78 Å². The second-order valence-electron chi connectivity index (χ2n) is 11.4. The summed E-state index contributed by atoms with van der Waals surface area (Å²) in [7, 11) is 0. The average Bonchev–Trinajstić information content (AvgIpc) is 3.61. The van der Waals surface area contributed by atoms with Crippen LogP contribution in [0.15, 0.2) is 48.7 Å². The van der Waals surface area contributed by atoms with E-state index in [9.17, 15) is 35.9 Å². The first-order chi connectivity index (χ1) is 20.3. The number of benzene rings is 2. The minimum atomic E-state index is -5.11. The quantitative estimate of drug-likeness (QED) is 0.233. The highest BCUT2D eigenvalue weighted by Gasteiger charge is 2.49. The second-order valence-corrected chi connectivity index (χ2v) is 11.4. The fraction of sp³-hybridized carbons (Fsp3) is 0.467. The number of ketones is 1. The van der Waals surface area contributed by atoms with Crippen molar-refractivity contribution in [2.75, 3.05) is 52.4 Å². The number of carbonyl (C=O) groups excluding carboxylic acids is 2. The summed E-state index contributed by atoms with van der Waals surface area (Å²) < 4.78 is 83.0. The first kappa shape index (κ1) is 36.6. The van der Waals surface area contributed by atoms with E-state index in [1.807, 2.05) is 29.2 Å². The molecule has 2 aliphatic heterocycles. The molecule has 45 heavy (non-hydrogen) atoms. The normalized spacial score (nSPS) is 20.1. The zero-order valence-electron chi connectivity index (χ0n) is 24.2. The Labute approximate surface area is 268 Å². The average molecular weight is 683 g/mol. The number of fused-ring (bicyclic) bond motifs is 1. The lowest BCUT2D eigenvalue weighted by Gasteiger charge is -2.50. The number of aromatic amines is 1. The number of aromatic nitrogens is 1. The predicted octanol–water partition coefficient (Wildman–Crippen LogP) is 5.41. The van der Waals surface area contributed by atoms with Gasteiger partial charge in [-0.3, -0.25) is 19.4 Å². The minimum Gasteiger partial charge on any atom is -0.369 e. The van der Waals surface area contributed by atoms with E-state index in [-0.39, 0.29) is 56.9 Å². The molecule has 2 aromatic carbocycles. The van der Waals surface area contributed by atoms with Gasteiger partial charge in [-0.2, -0.15) is 26.3 Å². The number of H-pyrrole nitrogens is 1. The third-order valence-electron chi connectivity index (χ3n) is 8.47. The number of nitrogens with zero attached hydrogens (tertiary/aromatic N) is 3. The highest BCUT2D eigenvalue weighted by atomic mass is 35.5. The molecule has 0 aliphatic carbocycles. The Hall–Kier alpha value is -2.84. The van der Waals surface area contributed by atoms with Crippen LogP contribution < -0.4 is 5.73 Å². The fourth-order valence-corrected chi connectivity index (χ4v) is 6.39. The lowest BCUT2D eigenvalue weighted by atomic mass is 9.79. The standard InChI is InChI=1S/C30H33F6N5O2.2ClH/c31-29(32,33)22-13-20(14-23(15-22)30(34,35)36)27(43)28(16-21-17-38-25-6-2-1-5-24(21)25)19-40(18-26(37)42)10-12-41(28)11-9-39-7-3-4-8-39;;/h1-2,5-6,13-15,17,38H,3-4,7-12,16,18-19H2,(H2,37,42);2*1H. The van der Waals surface area contributed by atoms with E-state index in [1.165, 1.54) is 0 Å². The largest absolute Gasteiger partial charge is 0.416 e. The van der Waals surface area contributed by atoms with Crippen molar-refractivity contribution in [1.29, 1.82) is 0 Å². The molecule has 15 heteroatoms. The van der Waals surface area contributed by atoms with Crippen LogP contribution in [0.4, 0.5) is 26.3 Å². The summed E-state index contributed by atoms with van der Waals surface area (Å²) in [6.07, 6.45) is -6.48. The number of hydrogen-bond donors (Lipinski definition) is 2. The summed E-state index contributed by atoms with van der Waals surface area (Å²) >= 11 is 0. The van der Waals surface area contributed by atoms with Crippen LogP contribution >= 0.6 is 24.8 Å². The number of para-hydroxylation sites is 1. The first-order valence-corrected chi connectivity index (χ1v) is 14.1. The van der Waals surface area contributed by atoms with Crippen LogP contribution in [0.1, 0.15) is 39.9 Å². The highest BCUT2D eigenvalue weighted by Crippen LogP contribution is 2.39. The number of Topliss-reactive ketones (excluding diaryl/α,β-unsaturated/α-hetero) is 1. The third kappa shape index (κ3) is 8.12. The third-order valence-corrected chi connectivity index (χ3v) is 8.47. The Morgan fingerprint density at radius 1 is 0.844 bits per heavy atom. The van der Waals surface area contributed by atoms with Crippen molar-refractivity contribution in [2.45, 2.75) is 37.2 Å². The van der Waals surface area contributed by atoms with Crippen LogP contribution in [-0.2, 0) is 23.6 Å². The molecular formula is C30H35Cl2F6N5O2. The maximum Gasteiger partial charge on any atom is 0.416 e. The van der Waals surface area contributed by atoms with Gasteiger partial charge in [0.2, 0.25) is 5.91 Å². The molecule has 0 spiro atoms. The molecule has 3 N–H and O–H groups in total. The van der Waals surface area contributed by atoms with E-state index in [0.717, 1.165) is 36.8 Å². The number of carbonyl (C=O) groups is 2. The number of nitrogens with one attached hydrogen (secondary N) is 1. The van der Waals surface area contributed by atoms with Gasteiger partial charge in [0.05, 0.1) is 17.7 Å². The van der Waals surface area contributed by atoms with Gasteiger partial charge in [-0.15, -0.1) is 24.8 Å². The summed E-state index contributed by atoms with van der Waals surface area (Å²) in [6.45, 7) is 2.98. The van der Waals surface area contributed by atoms with Crippen LogP contribution in [-0.4, -0.2) is 89.3 Å². The van der Waals surface area contributed by atoms with Crippen molar-refractivity contribution in [1.82, 2.24) is 19.7 Å². The number of alkyl halides is 6. The number of amides is 1. The molecule has 1 unspecified atom stereocenters. The van der Waals surface area contributed by atoms with Crippen LogP contribution in [0.25, 0.3) is 10.9 Å². The van der Waals surface area contributed by atoms with Crippen molar-refractivity contribution in [2.24, 2.45) is 5.73 Å². The molecule has 2 fully saturated rings. The van der Waals surface area contributed by atoms with E-state index >= 15 is 0 Å². The summed E-state index contributed by atoms with van der Waals surface area (Å²) in [5.74, 6) is -1.53. The maximum absolute atomic E-state index is 14.6. The van der Waals surface area contributed by atoms with Gasteiger partial charge in [0, 0.05) is 61.8 Å². The molecule has 0 bridgehead atoms. The lowest BCUT2D eigenvalue weighted by molar-refractivity contribution is -0.143. The van der Waals surface area contributed by atoms with E-state index in [1.54, 1.807) is 11.1 Å². The van der Waals surface area contributed by atoms with E-state index < -0.39 is 46.3 Å². The van der Waals surface area contributed by atoms with Gasteiger partial charge in [-0.25, -0.2) is 0 Å². The predicted molar refractivity (Wildman–Crippen MR) is 163 cm³/mol. The van der Waals surface area contributed by atoms with Crippen LogP contribution in [0.5, 0.6) is 0 Å². The number of piperazine rings is 1. The molecule has 2 aliphatic rings. The molecule has 2 saturated heterocycles. The smallest absolute Gasteiger partial charge is 0.369 e. The Morgan fingerprint density at radius 2 is 1.47 bits per heavy atom. The Morgan fingerprint density at radius 3 is 2.07 bits per heavy atom. The van der Waals surface area contributed by atoms with Gasteiger partial charge < -0.3 is 15.6 Å².